The number of methoxy groups -OCH3 is 1. The lowest BCUT2D eigenvalue weighted by Gasteiger charge is -2.26. The fourth-order valence-electron chi connectivity index (χ4n) is 0.817. The van der Waals surface area contributed by atoms with Crippen molar-refractivity contribution in [3.8, 4) is 0 Å². The van der Waals surface area contributed by atoms with Crippen LogP contribution in [0.25, 0.3) is 0 Å². The van der Waals surface area contributed by atoms with E-state index in [0.717, 1.165) is 4.48 Å². The van der Waals surface area contributed by atoms with Gasteiger partial charge in [0.2, 0.25) is 0 Å². The Hall–Kier alpha value is -0.810. The van der Waals surface area contributed by atoms with Crippen molar-refractivity contribution < 1.29 is 14.6 Å². The first-order chi connectivity index (χ1) is 5.60. The molecule has 0 fully saturated rings. The summed E-state index contributed by atoms with van der Waals surface area (Å²) in [4.78, 5) is 10.7. The van der Waals surface area contributed by atoms with Crippen LogP contribution >= 0.6 is 15.9 Å². The third-order valence-electron chi connectivity index (χ3n) is 1.54. The molecule has 0 aromatic carbocycles. The number of allylic oxidation sites excluding steroid dienone is 2. The van der Waals surface area contributed by atoms with Crippen molar-refractivity contribution in [1.82, 2.24) is 5.32 Å². The van der Waals surface area contributed by atoms with Crippen molar-refractivity contribution in [2.45, 2.75) is 5.72 Å². The van der Waals surface area contributed by atoms with Gasteiger partial charge in [-0.25, -0.2) is 4.79 Å². The van der Waals surface area contributed by atoms with Gasteiger partial charge >= 0.3 is 5.97 Å². The third-order valence-corrected chi connectivity index (χ3v) is 2.03. The maximum atomic E-state index is 10.7. The fraction of sp³-hybridized carbons (Fsp3) is 0.286. The Kier molecular flexibility index (Phi) is 2.54. The van der Waals surface area contributed by atoms with Gasteiger partial charge in [0.15, 0.2) is 0 Å². The summed E-state index contributed by atoms with van der Waals surface area (Å²) >= 11 is 3.18. The summed E-state index contributed by atoms with van der Waals surface area (Å²) in [6.45, 7) is 0. The van der Waals surface area contributed by atoms with E-state index in [4.69, 9.17) is 9.84 Å². The number of rotatable bonds is 2. The number of carbonyl (C=O) groups is 1. The van der Waals surface area contributed by atoms with E-state index >= 15 is 0 Å². The lowest BCUT2D eigenvalue weighted by Crippen LogP contribution is -2.50. The molecule has 1 unspecified atom stereocenters. The van der Waals surface area contributed by atoms with Gasteiger partial charge in [-0.2, -0.15) is 0 Å². The van der Waals surface area contributed by atoms with E-state index in [-0.39, 0.29) is 0 Å². The van der Waals surface area contributed by atoms with E-state index in [1.54, 1.807) is 6.08 Å². The van der Waals surface area contributed by atoms with E-state index < -0.39 is 11.7 Å². The van der Waals surface area contributed by atoms with Gasteiger partial charge in [0, 0.05) is 17.8 Å². The number of ether oxygens (including phenoxy) is 1. The highest BCUT2D eigenvalue weighted by molar-refractivity contribution is 9.11. The molecule has 0 aromatic heterocycles. The van der Waals surface area contributed by atoms with Gasteiger partial charge in [0.05, 0.1) is 0 Å². The van der Waals surface area contributed by atoms with Gasteiger partial charge in [0.25, 0.3) is 5.72 Å². The van der Waals surface area contributed by atoms with Crippen LogP contribution in [0.5, 0.6) is 0 Å². The Balaban J connectivity index is 2.88. The van der Waals surface area contributed by atoms with Crippen molar-refractivity contribution in [2.24, 2.45) is 0 Å². The Morgan fingerprint density at radius 2 is 2.50 bits per heavy atom. The molecule has 5 heteroatoms. The second kappa shape index (κ2) is 3.28. The first-order valence-corrected chi connectivity index (χ1v) is 4.01. The minimum atomic E-state index is -1.42. The van der Waals surface area contributed by atoms with E-state index in [0.29, 0.717) is 0 Å². The number of carboxylic acid groups (broad SMARTS) is 1. The van der Waals surface area contributed by atoms with Crippen molar-refractivity contribution in [1.29, 1.82) is 0 Å². The molecule has 1 heterocycles. The molecule has 0 aromatic rings. The maximum absolute atomic E-state index is 10.7. The molecule has 1 aliphatic rings. The number of halogens is 1. The standard InChI is InChI=1S/C7H8BrNO3/c1-12-7(6(10)11)3-2-5(8)4-9-7/h2-4,9H,1H3,(H,10,11). The quantitative estimate of drug-likeness (QED) is 0.742. The van der Waals surface area contributed by atoms with E-state index in [9.17, 15) is 4.79 Å². The minimum absolute atomic E-state index is 0.774. The second-order valence-corrected chi connectivity index (χ2v) is 3.17. The SMILES string of the molecule is COC1(C(=O)O)C=CC(Br)=CN1. The van der Waals surface area contributed by atoms with Crippen molar-refractivity contribution in [3.05, 3.63) is 22.8 Å². The molecule has 0 spiro atoms. The first-order valence-electron chi connectivity index (χ1n) is 3.22. The Bertz CT molecular complexity index is 261. The van der Waals surface area contributed by atoms with Crippen molar-refractivity contribution >= 4 is 21.9 Å². The molecule has 0 aliphatic carbocycles. The summed E-state index contributed by atoms with van der Waals surface area (Å²) in [5.41, 5.74) is -1.42. The summed E-state index contributed by atoms with van der Waals surface area (Å²) < 4.78 is 5.60. The predicted molar refractivity (Wildman–Crippen MR) is 46.7 cm³/mol. The lowest BCUT2D eigenvalue weighted by atomic mass is 10.1. The molecule has 2 N–H and O–H groups in total. The number of aliphatic carboxylic acids is 1. The zero-order valence-electron chi connectivity index (χ0n) is 6.37. The highest BCUT2D eigenvalue weighted by Gasteiger charge is 2.36. The Morgan fingerprint density at radius 3 is 2.83 bits per heavy atom. The molecule has 1 rings (SSSR count). The highest BCUT2D eigenvalue weighted by Crippen LogP contribution is 2.18. The number of nitrogens with one attached hydrogen (secondary N) is 1. The topological polar surface area (TPSA) is 58.6 Å². The van der Waals surface area contributed by atoms with Crippen LogP contribution in [0.2, 0.25) is 0 Å². The minimum Gasteiger partial charge on any atom is -0.477 e. The smallest absolute Gasteiger partial charge is 0.361 e. The zero-order valence-corrected chi connectivity index (χ0v) is 7.96. The fourth-order valence-corrected chi connectivity index (χ4v) is 1.06. The first kappa shape index (κ1) is 9.28. The predicted octanol–water partition coefficient (Wildman–Crippen LogP) is 0.809. The van der Waals surface area contributed by atoms with Crippen LogP contribution in [0.4, 0.5) is 0 Å². The van der Waals surface area contributed by atoms with Crippen LogP contribution in [-0.2, 0) is 9.53 Å². The summed E-state index contributed by atoms with van der Waals surface area (Å²) in [6, 6.07) is 0. The van der Waals surface area contributed by atoms with Gasteiger partial charge in [-0.3, -0.25) is 0 Å². The van der Waals surface area contributed by atoms with Crippen LogP contribution in [0, 0.1) is 0 Å². The normalized spacial score (nSPS) is 27.7. The number of hydrogen-bond donors (Lipinski definition) is 2. The molecule has 66 valence electrons. The van der Waals surface area contributed by atoms with Gasteiger partial charge in [0.1, 0.15) is 0 Å². The molecular weight excluding hydrogens is 226 g/mol. The summed E-state index contributed by atoms with van der Waals surface area (Å²) in [5.74, 6) is -1.07. The van der Waals surface area contributed by atoms with Gasteiger partial charge in [-0.15, -0.1) is 0 Å². The molecule has 0 bridgehead atoms. The molecule has 0 saturated heterocycles. The average Bonchev–Trinajstić information content (AvgIpc) is 2.06. The molecule has 1 aliphatic heterocycles. The van der Waals surface area contributed by atoms with Crippen molar-refractivity contribution in [3.63, 3.8) is 0 Å². The lowest BCUT2D eigenvalue weighted by molar-refractivity contribution is -0.158. The van der Waals surface area contributed by atoms with Gasteiger partial charge < -0.3 is 15.2 Å². The number of hydrogen-bond acceptors (Lipinski definition) is 3. The molecule has 0 radical (unpaired) electrons. The average molecular weight is 234 g/mol. The van der Waals surface area contributed by atoms with Crippen LogP contribution in [0.15, 0.2) is 22.8 Å². The maximum Gasteiger partial charge on any atom is 0.361 e. The molecule has 12 heavy (non-hydrogen) atoms. The van der Waals surface area contributed by atoms with Crippen LogP contribution in [0.3, 0.4) is 0 Å². The van der Waals surface area contributed by atoms with Crippen LogP contribution < -0.4 is 5.32 Å². The van der Waals surface area contributed by atoms with Gasteiger partial charge in [-0.05, 0) is 28.1 Å². The van der Waals surface area contributed by atoms with Crippen molar-refractivity contribution in [2.75, 3.05) is 7.11 Å². The molecule has 4 nitrogen and oxygen atoms in total. The third kappa shape index (κ3) is 1.51. The summed E-state index contributed by atoms with van der Waals surface area (Å²) in [7, 11) is 1.33. The molecule has 1 atom stereocenters. The zero-order chi connectivity index (χ0) is 9.19. The van der Waals surface area contributed by atoms with E-state index in [1.165, 1.54) is 19.4 Å². The van der Waals surface area contributed by atoms with Gasteiger partial charge in [-0.1, -0.05) is 0 Å². The molecular formula is C7H8BrNO3. The van der Waals surface area contributed by atoms with E-state index in [2.05, 4.69) is 21.2 Å². The molecule has 0 amide bonds. The second-order valence-electron chi connectivity index (χ2n) is 2.25. The van der Waals surface area contributed by atoms with Crippen LogP contribution in [0.1, 0.15) is 0 Å². The number of carboxylic acids is 1. The summed E-state index contributed by atoms with van der Waals surface area (Å²) in [5, 5.41) is 11.4. The molecule has 0 saturated carbocycles. The monoisotopic (exact) mass is 233 g/mol. The van der Waals surface area contributed by atoms with E-state index in [1.807, 2.05) is 0 Å². The highest BCUT2D eigenvalue weighted by atomic mass is 79.9. The Morgan fingerprint density at radius 1 is 1.83 bits per heavy atom. The Labute approximate surface area is 78.0 Å². The summed E-state index contributed by atoms with van der Waals surface area (Å²) in [6.07, 6.45) is 4.57. The largest absolute Gasteiger partial charge is 0.477 e. The van der Waals surface area contributed by atoms with Crippen LogP contribution in [-0.4, -0.2) is 23.9 Å². The number of dihydropyridines is 1.